The quantitative estimate of drug-likeness (QED) is 0.760. The van der Waals surface area contributed by atoms with Crippen molar-refractivity contribution in [1.29, 1.82) is 0 Å². The summed E-state index contributed by atoms with van der Waals surface area (Å²) in [6, 6.07) is 0.702. The van der Waals surface area contributed by atoms with Crippen LogP contribution in [0.15, 0.2) is 0 Å². The molecule has 2 fully saturated rings. The van der Waals surface area contributed by atoms with Crippen molar-refractivity contribution in [2.45, 2.75) is 44.6 Å². The Balaban J connectivity index is 1.93. The highest BCUT2D eigenvalue weighted by Gasteiger charge is 2.31. The Labute approximate surface area is 99.0 Å². The van der Waals surface area contributed by atoms with Gasteiger partial charge in [0.25, 0.3) is 0 Å². The van der Waals surface area contributed by atoms with Gasteiger partial charge in [-0.05, 0) is 50.6 Å². The standard InChI is InChI=1S/C13H26N2O/c14-8-12-5-1-2-6-13(12)15-7-3-4-11(9-15)10-16/h11-13,16H,1-10,14H2. The van der Waals surface area contributed by atoms with Crippen LogP contribution >= 0.6 is 0 Å². The first kappa shape index (κ1) is 12.3. The second-order valence-corrected chi connectivity index (χ2v) is 5.53. The largest absolute Gasteiger partial charge is 0.396 e. The maximum Gasteiger partial charge on any atom is 0.0471 e. The van der Waals surface area contributed by atoms with Crippen LogP contribution in [0.5, 0.6) is 0 Å². The van der Waals surface area contributed by atoms with Gasteiger partial charge in [0, 0.05) is 19.2 Å². The average Bonchev–Trinajstić information content (AvgIpc) is 2.38. The van der Waals surface area contributed by atoms with Crippen molar-refractivity contribution in [3.63, 3.8) is 0 Å². The third kappa shape index (κ3) is 2.76. The van der Waals surface area contributed by atoms with Crippen molar-refractivity contribution in [3.8, 4) is 0 Å². The number of aliphatic hydroxyl groups is 1. The number of hydrogen-bond donors (Lipinski definition) is 2. The minimum atomic E-state index is 0.358. The lowest BCUT2D eigenvalue weighted by Gasteiger charge is -2.43. The molecule has 0 radical (unpaired) electrons. The first-order valence-electron chi connectivity index (χ1n) is 6.90. The van der Waals surface area contributed by atoms with Gasteiger partial charge in [-0.2, -0.15) is 0 Å². The van der Waals surface area contributed by atoms with Crippen LogP contribution < -0.4 is 5.73 Å². The molecule has 0 bridgehead atoms. The molecule has 1 aliphatic heterocycles. The normalized spacial score (nSPS) is 37.5. The second-order valence-electron chi connectivity index (χ2n) is 5.53. The van der Waals surface area contributed by atoms with E-state index in [0.717, 1.165) is 13.1 Å². The maximum atomic E-state index is 9.28. The number of rotatable bonds is 3. The van der Waals surface area contributed by atoms with Crippen LogP contribution in [0.25, 0.3) is 0 Å². The monoisotopic (exact) mass is 226 g/mol. The molecule has 3 atom stereocenters. The molecule has 2 aliphatic rings. The van der Waals surface area contributed by atoms with Crippen LogP contribution in [0.2, 0.25) is 0 Å². The fourth-order valence-corrected chi connectivity index (χ4v) is 3.49. The van der Waals surface area contributed by atoms with E-state index in [0.29, 0.717) is 24.5 Å². The molecule has 0 aromatic heterocycles. The number of nitrogens with zero attached hydrogens (tertiary/aromatic N) is 1. The van der Waals surface area contributed by atoms with Crippen molar-refractivity contribution in [3.05, 3.63) is 0 Å². The van der Waals surface area contributed by atoms with Gasteiger partial charge in [0.1, 0.15) is 0 Å². The molecule has 3 N–H and O–H groups in total. The van der Waals surface area contributed by atoms with Gasteiger partial charge in [0.05, 0.1) is 0 Å². The molecule has 1 saturated carbocycles. The van der Waals surface area contributed by atoms with Gasteiger partial charge in [-0.15, -0.1) is 0 Å². The highest BCUT2D eigenvalue weighted by molar-refractivity contribution is 4.86. The molecule has 1 heterocycles. The molecule has 16 heavy (non-hydrogen) atoms. The van der Waals surface area contributed by atoms with E-state index in [1.807, 2.05) is 0 Å². The van der Waals surface area contributed by atoms with E-state index in [2.05, 4.69) is 4.90 Å². The van der Waals surface area contributed by atoms with E-state index < -0.39 is 0 Å². The minimum Gasteiger partial charge on any atom is -0.396 e. The topological polar surface area (TPSA) is 49.5 Å². The number of hydrogen-bond acceptors (Lipinski definition) is 3. The fraction of sp³-hybridized carbons (Fsp3) is 1.00. The minimum absolute atomic E-state index is 0.358. The zero-order valence-corrected chi connectivity index (χ0v) is 10.3. The smallest absolute Gasteiger partial charge is 0.0471 e. The van der Waals surface area contributed by atoms with E-state index in [-0.39, 0.29) is 0 Å². The highest BCUT2D eigenvalue weighted by atomic mass is 16.3. The Morgan fingerprint density at radius 2 is 1.94 bits per heavy atom. The molecule has 0 aromatic carbocycles. The zero-order chi connectivity index (χ0) is 11.4. The van der Waals surface area contributed by atoms with Gasteiger partial charge >= 0.3 is 0 Å². The Kier molecular flexibility index (Phi) is 4.62. The maximum absolute atomic E-state index is 9.28. The SMILES string of the molecule is NCC1CCCCC1N1CCCC(CO)C1. The third-order valence-electron chi connectivity index (χ3n) is 4.45. The first-order chi connectivity index (χ1) is 7.85. The van der Waals surface area contributed by atoms with Gasteiger partial charge in [-0.3, -0.25) is 4.90 Å². The van der Waals surface area contributed by atoms with E-state index in [1.165, 1.54) is 45.1 Å². The zero-order valence-electron chi connectivity index (χ0n) is 10.3. The van der Waals surface area contributed by atoms with E-state index in [1.54, 1.807) is 0 Å². The molecule has 1 saturated heterocycles. The fourth-order valence-electron chi connectivity index (χ4n) is 3.49. The summed E-state index contributed by atoms with van der Waals surface area (Å²) < 4.78 is 0. The molecular formula is C13H26N2O. The van der Waals surface area contributed by atoms with Crippen LogP contribution in [0.3, 0.4) is 0 Å². The molecule has 0 spiro atoms. The highest BCUT2D eigenvalue weighted by Crippen LogP contribution is 2.30. The molecule has 94 valence electrons. The van der Waals surface area contributed by atoms with Crippen LogP contribution in [0.4, 0.5) is 0 Å². The van der Waals surface area contributed by atoms with Gasteiger partial charge in [0.15, 0.2) is 0 Å². The summed E-state index contributed by atoms with van der Waals surface area (Å²) in [6.07, 6.45) is 7.80. The van der Waals surface area contributed by atoms with Gasteiger partial charge in [0.2, 0.25) is 0 Å². The molecule has 3 nitrogen and oxygen atoms in total. The van der Waals surface area contributed by atoms with Crippen molar-refractivity contribution in [2.24, 2.45) is 17.6 Å². The van der Waals surface area contributed by atoms with Crippen LogP contribution in [-0.4, -0.2) is 42.3 Å². The van der Waals surface area contributed by atoms with E-state index in [9.17, 15) is 5.11 Å². The second kappa shape index (κ2) is 5.99. The molecule has 2 rings (SSSR count). The summed E-state index contributed by atoms with van der Waals surface area (Å²) in [5.74, 6) is 1.21. The first-order valence-corrected chi connectivity index (χ1v) is 6.90. The number of aliphatic hydroxyl groups excluding tert-OH is 1. The van der Waals surface area contributed by atoms with Crippen LogP contribution in [-0.2, 0) is 0 Å². The summed E-state index contributed by atoms with van der Waals surface area (Å²) >= 11 is 0. The number of likely N-dealkylation sites (tertiary alicyclic amines) is 1. The predicted octanol–water partition coefficient (Wildman–Crippen LogP) is 1.21. The van der Waals surface area contributed by atoms with Gasteiger partial charge in [-0.25, -0.2) is 0 Å². The lowest BCUT2D eigenvalue weighted by atomic mass is 9.82. The third-order valence-corrected chi connectivity index (χ3v) is 4.45. The summed E-state index contributed by atoms with van der Waals surface area (Å²) in [7, 11) is 0. The molecule has 3 unspecified atom stereocenters. The summed E-state index contributed by atoms with van der Waals surface area (Å²) in [6.45, 7) is 3.51. The molecular weight excluding hydrogens is 200 g/mol. The van der Waals surface area contributed by atoms with E-state index in [4.69, 9.17) is 5.73 Å². The molecule has 0 aromatic rings. The number of nitrogens with two attached hydrogens (primary N) is 1. The van der Waals surface area contributed by atoms with Crippen LogP contribution in [0, 0.1) is 11.8 Å². The lowest BCUT2D eigenvalue weighted by molar-refractivity contribution is 0.0466. The Bertz CT molecular complexity index is 210. The lowest BCUT2D eigenvalue weighted by Crippen LogP contribution is -2.49. The molecule has 0 amide bonds. The van der Waals surface area contributed by atoms with Crippen molar-refractivity contribution in [1.82, 2.24) is 4.90 Å². The Morgan fingerprint density at radius 1 is 1.12 bits per heavy atom. The molecule has 3 heteroatoms. The van der Waals surface area contributed by atoms with E-state index >= 15 is 0 Å². The Hall–Kier alpha value is -0.120. The van der Waals surface area contributed by atoms with Gasteiger partial charge in [-0.1, -0.05) is 12.8 Å². The van der Waals surface area contributed by atoms with Crippen molar-refractivity contribution in [2.75, 3.05) is 26.2 Å². The summed E-state index contributed by atoms with van der Waals surface area (Å²) in [5.41, 5.74) is 5.89. The van der Waals surface area contributed by atoms with Crippen LogP contribution in [0.1, 0.15) is 38.5 Å². The molecule has 1 aliphatic carbocycles. The number of piperidine rings is 1. The Morgan fingerprint density at radius 3 is 2.69 bits per heavy atom. The summed E-state index contributed by atoms with van der Waals surface area (Å²) in [4.78, 5) is 2.61. The predicted molar refractivity (Wildman–Crippen MR) is 66.2 cm³/mol. The average molecular weight is 226 g/mol. The summed E-state index contributed by atoms with van der Waals surface area (Å²) in [5, 5.41) is 9.28. The van der Waals surface area contributed by atoms with Crippen molar-refractivity contribution >= 4 is 0 Å². The van der Waals surface area contributed by atoms with Gasteiger partial charge < -0.3 is 10.8 Å². The van der Waals surface area contributed by atoms with Crippen molar-refractivity contribution < 1.29 is 5.11 Å².